The molecule has 0 N–H and O–H groups in total. The maximum atomic E-state index is 5.69. The molecule has 2 aliphatic heterocycles. The van der Waals surface area contributed by atoms with Crippen LogP contribution in [0.3, 0.4) is 0 Å². The quantitative estimate of drug-likeness (QED) is 0.741. The van der Waals surface area contributed by atoms with Crippen molar-refractivity contribution in [2.45, 2.75) is 46.3 Å². The zero-order chi connectivity index (χ0) is 11.8. The van der Waals surface area contributed by atoms with Gasteiger partial charge >= 0.3 is 0 Å². The first-order valence-electron chi connectivity index (χ1n) is 5.51. The molecule has 0 saturated heterocycles. The fourth-order valence-electron chi connectivity index (χ4n) is 1.89. The summed E-state index contributed by atoms with van der Waals surface area (Å²) in [4.78, 5) is 0. The van der Waals surface area contributed by atoms with Gasteiger partial charge < -0.3 is 18.9 Å². The van der Waals surface area contributed by atoms with Crippen LogP contribution in [0.2, 0.25) is 0 Å². The second kappa shape index (κ2) is 3.92. The molecule has 0 aromatic rings. The normalized spacial score (nSPS) is 22.8. The minimum atomic E-state index is -0.532. The SMILES string of the molecule is CC1=C(CCC2=C(C)OC(C)(C)O2)OCO1. The van der Waals surface area contributed by atoms with Gasteiger partial charge in [0.2, 0.25) is 12.6 Å². The Morgan fingerprint density at radius 2 is 1.62 bits per heavy atom. The van der Waals surface area contributed by atoms with E-state index in [9.17, 15) is 0 Å². The topological polar surface area (TPSA) is 36.9 Å². The van der Waals surface area contributed by atoms with Crippen molar-refractivity contribution >= 4 is 0 Å². The number of hydrogen-bond donors (Lipinski definition) is 0. The van der Waals surface area contributed by atoms with Gasteiger partial charge in [0, 0.05) is 26.7 Å². The lowest BCUT2D eigenvalue weighted by molar-refractivity contribution is -0.123. The average Bonchev–Trinajstić information content (AvgIpc) is 2.67. The van der Waals surface area contributed by atoms with Crippen molar-refractivity contribution in [1.29, 1.82) is 0 Å². The van der Waals surface area contributed by atoms with E-state index in [0.717, 1.165) is 35.9 Å². The van der Waals surface area contributed by atoms with Gasteiger partial charge in [-0.1, -0.05) is 0 Å². The summed E-state index contributed by atoms with van der Waals surface area (Å²) in [6.07, 6.45) is 1.57. The van der Waals surface area contributed by atoms with E-state index in [1.165, 1.54) is 0 Å². The smallest absolute Gasteiger partial charge is 0.245 e. The Bertz CT molecular complexity index is 352. The van der Waals surface area contributed by atoms with Crippen LogP contribution in [0.5, 0.6) is 0 Å². The van der Waals surface area contributed by atoms with Crippen molar-refractivity contribution in [3.63, 3.8) is 0 Å². The highest BCUT2D eigenvalue weighted by Gasteiger charge is 2.31. The lowest BCUT2D eigenvalue weighted by atomic mass is 10.2. The molecule has 0 amide bonds. The predicted octanol–water partition coefficient (Wildman–Crippen LogP) is 3.02. The summed E-state index contributed by atoms with van der Waals surface area (Å²) in [7, 11) is 0. The zero-order valence-electron chi connectivity index (χ0n) is 10.3. The van der Waals surface area contributed by atoms with Gasteiger partial charge in [-0.05, 0) is 13.8 Å². The van der Waals surface area contributed by atoms with Crippen LogP contribution in [0.1, 0.15) is 40.5 Å². The predicted molar refractivity (Wildman–Crippen MR) is 57.9 cm³/mol. The van der Waals surface area contributed by atoms with Crippen LogP contribution in [0.4, 0.5) is 0 Å². The molecule has 0 radical (unpaired) electrons. The molecule has 0 aromatic carbocycles. The molecule has 16 heavy (non-hydrogen) atoms. The third kappa shape index (κ3) is 2.26. The van der Waals surface area contributed by atoms with Crippen molar-refractivity contribution in [1.82, 2.24) is 0 Å². The van der Waals surface area contributed by atoms with Gasteiger partial charge in [-0.25, -0.2) is 0 Å². The summed E-state index contributed by atoms with van der Waals surface area (Å²) in [5, 5.41) is 0. The molecule has 4 heteroatoms. The standard InChI is InChI=1S/C12H18O4/c1-8-10(14-7-13-8)5-6-11-9(2)15-12(3,4)16-11/h5-7H2,1-4H3. The number of allylic oxidation sites excluding steroid dienone is 4. The van der Waals surface area contributed by atoms with Crippen molar-refractivity contribution in [3.8, 4) is 0 Å². The van der Waals surface area contributed by atoms with E-state index in [-0.39, 0.29) is 0 Å². The van der Waals surface area contributed by atoms with Crippen LogP contribution in [-0.2, 0) is 18.9 Å². The third-order valence-corrected chi connectivity index (χ3v) is 2.64. The van der Waals surface area contributed by atoms with Crippen LogP contribution in [0, 0.1) is 0 Å². The fourth-order valence-corrected chi connectivity index (χ4v) is 1.89. The molecule has 4 nitrogen and oxygen atoms in total. The minimum absolute atomic E-state index is 0.335. The van der Waals surface area contributed by atoms with Crippen molar-refractivity contribution in [2.75, 3.05) is 6.79 Å². The van der Waals surface area contributed by atoms with E-state index < -0.39 is 5.79 Å². The van der Waals surface area contributed by atoms with Gasteiger partial charge in [0.1, 0.15) is 23.0 Å². The summed E-state index contributed by atoms with van der Waals surface area (Å²) in [6, 6.07) is 0. The highest BCUT2D eigenvalue weighted by atomic mass is 16.7. The summed E-state index contributed by atoms with van der Waals surface area (Å²) in [6.45, 7) is 7.99. The molecule has 0 aliphatic carbocycles. The van der Waals surface area contributed by atoms with Gasteiger partial charge in [-0.15, -0.1) is 0 Å². The molecule has 2 heterocycles. The van der Waals surface area contributed by atoms with Crippen LogP contribution < -0.4 is 0 Å². The molecule has 0 unspecified atom stereocenters. The molecule has 0 spiro atoms. The number of rotatable bonds is 3. The Morgan fingerprint density at radius 3 is 2.12 bits per heavy atom. The Hall–Kier alpha value is -1.32. The van der Waals surface area contributed by atoms with E-state index in [0.29, 0.717) is 6.79 Å². The molecular formula is C12H18O4. The fraction of sp³-hybridized carbons (Fsp3) is 0.667. The summed E-state index contributed by atoms with van der Waals surface area (Å²) >= 11 is 0. The summed E-state index contributed by atoms with van der Waals surface area (Å²) in [5.74, 6) is 3.02. The number of hydrogen-bond acceptors (Lipinski definition) is 4. The van der Waals surface area contributed by atoms with E-state index in [4.69, 9.17) is 18.9 Å². The van der Waals surface area contributed by atoms with E-state index in [2.05, 4.69) is 0 Å². The minimum Gasteiger partial charge on any atom is -0.459 e. The summed E-state index contributed by atoms with van der Waals surface area (Å²) in [5.41, 5.74) is 0. The summed E-state index contributed by atoms with van der Waals surface area (Å²) < 4.78 is 21.8. The molecule has 0 aromatic heterocycles. The molecule has 0 saturated carbocycles. The first kappa shape index (κ1) is 11.2. The highest BCUT2D eigenvalue weighted by molar-refractivity contribution is 5.09. The molecule has 2 rings (SSSR count). The maximum absolute atomic E-state index is 5.69. The monoisotopic (exact) mass is 226 g/mol. The van der Waals surface area contributed by atoms with Crippen LogP contribution in [-0.4, -0.2) is 12.6 Å². The average molecular weight is 226 g/mol. The van der Waals surface area contributed by atoms with Crippen molar-refractivity contribution < 1.29 is 18.9 Å². The van der Waals surface area contributed by atoms with Crippen LogP contribution in [0.15, 0.2) is 23.0 Å². The largest absolute Gasteiger partial charge is 0.459 e. The van der Waals surface area contributed by atoms with Gasteiger partial charge in [-0.3, -0.25) is 0 Å². The van der Waals surface area contributed by atoms with Gasteiger partial charge in [0.05, 0.1) is 0 Å². The lowest BCUT2D eigenvalue weighted by Gasteiger charge is -2.18. The number of ether oxygens (including phenoxy) is 4. The van der Waals surface area contributed by atoms with E-state index in [1.54, 1.807) is 0 Å². The van der Waals surface area contributed by atoms with Crippen molar-refractivity contribution in [3.05, 3.63) is 23.0 Å². The molecule has 2 aliphatic rings. The van der Waals surface area contributed by atoms with E-state index >= 15 is 0 Å². The van der Waals surface area contributed by atoms with Gasteiger partial charge in [-0.2, -0.15) is 0 Å². The van der Waals surface area contributed by atoms with Crippen molar-refractivity contribution in [2.24, 2.45) is 0 Å². The van der Waals surface area contributed by atoms with Gasteiger partial charge in [0.15, 0.2) is 0 Å². The molecular weight excluding hydrogens is 208 g/mol. The maximum Gasteiger partial charge on any atom is 0.245 e. The Labute approximate surface area is 95.8 Å². The van der Waals surface area contributed by atoms with E-state index in [1.807, 2.05) is 27.7 Å². The Morgan fingerprint density at radius 1 is 0.938 bits per heavy atom. The molecule has 90 valence electrons. The van der Waals surface area contributed by atoms with Gasteiger partial charge in [0.25, 0.3) is 0 Å². The second-order valence-corrected chi connectivity index (χ2v) is 4.47. The first-order chi connectivity index (χ1) is 7.48. The first-order valence-corrected chi connectivity index (χ1v) is 5.51. The van der Waals surface area contributed by atoms with Crippen LogP contribution in [0.25, 0.3) is 0 Å². The Kier molecular flexibility index (Phi) is 2.74. The molecule has 0 fully saturated rings. The molecule has 0 atom stereocenters. The third-order valence-electron chi connectivity index (χ3n) is 2.64. The lowest BCUT2D eigenvalue weighted by Crippen LogP contribution is -2.20. The Balaban J connectivity index is 1.92. The van der Waals surface area contributed by atoms with Crippen LogP contribution >= 0.6 is 0 Å². The molecule has 0 bridgehead atoms. The second-order valence-electron chi connectivity index (χ2n) is 4.47. The zero-order valence-corrected chi connectivity index (χ0v) is 10.3. The highest BCUT2D eigenvalue weighted by Crippen LogP contribution is 2.33.